The number of aromatic carboxylic acids is 1. The fourth-order valence-electron chi connectivity index (χ4n) is 1.50. The van der Waals surface area contributed by atoms with E-state index in [1.54, 1.807) is 6.92 Å². The van der Waals surface area contributed by atoms with Gasteiger partial charge >= 0.3 is 5.97 Å². The summed E-state index contributed by atoms with van der Waals surface area (Å²) in [5.74, 6) is -1.22. The summed E-state index contributed by atoms with van der Waals surface area (Å²) in [5.41, 5.74) is -0.155. The Balaban J connectivity index is 3.04. The first kappa shape index (κ1) is 16.9. The molecule has 0 aliphatic rings. The molecule has 1 unspecified atom stereocenters. The summed E-state index contributed by atoms with van der Waals surface area (Å²) in [6.45, 7) is 1.72. The van der Waals surface area contributed by atoms with Crippen LogP contribution in [0.3, 0.4) is 0 Å². The first-order valence-corrected chi connectivity index (χ1v) is 7.65. The average molecular weight is 322 g/mol. The predicted molar refractivity (Wildman–Crippen MR) is 74.5 cm³/mol. The number of carboxylic acids is 1. The van der Waals surface area contributed by atoms with Crippen LogP contribution in [0, 0.1) is 0 Å². The van der Waals surface area contributed by atoms with Crippen LogP contribution in [0.25, 0.3) is 0 Å². The van der Waals surface area contributed by atoms with Gasteiger partial charge in [0.1, 0.15) is 0 Å². The van der Waals surface area contributed by atoms with Gasteiger partial charge in [0.2, 0.25) is 10.0 Å². The van der Waals surface area contributed by atoms with Crippen LogP contribution in [0.15, 0.2) is 23.1 Å². The zero-order valence-electron chi connectivity index (χ0n) is 11.1. The summed E-state index contributed by atoms with van der Waals surface area (Å²) in [6, 6.07) is 3.46. The molecule has 1 aromatic carbocycles. The average Bonchev–Trinajstić information content (AvgIpc) is 2.34. The Morgan fingerprint density at radius 1 is 1.45 bits per heavy atom. The minimum atomic E-state index is -3.75. The summed E-state index contributed by atoms with van der Waals surface area (Å²) >= 11 is 5.76. The monoisotopic (exact) mass is 321 g/mol. The van der Waals surface area contributed by atoms with Gasteiger partial charge in [-0.2, -0.15) is 0 Å². The molecule has 6 nitrogen and oxygen atoms in total. The van der Waals surface area contributed by atoms with Crippen LogP contribution in [0.1, 0.15) is 23.7 Å². The number of aliphatic hydroxyl groups excluding tert-OH is 1. The second kappa shape index (κ2) is 6.53. The van der Waals surface area contributed by atoms with Crippen molar-refractivity contribution in [1.82, 2.24) is 4.31 Å². The van der Waals surface area contributed by atoms with Crippen LogP contribution in [-0.4, -0.2) is 48.6 Å². The van der Waals surface area contributed by atoms with E-state index in [0.29, 0.717) is 6.42 Å². The minimum absolute atomic E-state index is 0.0828. The van der Waals surface area contributed by atoms with Crippen molar-refractivity contribution in [3.8, 4) is 0 Å². The van der Waals surface area contributed by atoms with E-state index in [2.05, 4.69) is 0 Å². The molecule has 0 aliphatic carbocycles. The molecule has 0 bridgehead atoms. The molecule has 0 aliphatic heterocycles. The highest BCUT2D eigenvalue weighted by Crippen LogP contribution is 2.23. The van der Waals surface area contributed by atoms with E-state index in [9.17, 15) is 18.3 Å². The fraction of sp³-hybridized carbons (Fsp3) is 0.417. The highest BCUT2D eigenvalue weighted by atomic mass is 35.5. The topological polar surface area (TPSA) is 94.9 Å². The van der Waals surface area contributed by atoms with Crippen LogP contribution in [0.2, 0.25) is 5.02 Å². The largest absolute Gasteiger partial charge is 0.478 e. The standard InChI is InChI=1S/C12H16ClNO5S/c1-8(15)5-6-14(2)20(18,19)9-3-4-10(12(16)17)11(13)7-9/h3-4,7-8,15H,5-6H2,1-2H3,(H,16,17). The molecule has 0 saturated heterocycles. The second-order valence-electron chi connectivity index (χ2n) is 4.41. The van der Waals surface area contributed by atoms with Crippen molar-refractivity contribution in [2.45, 2.75) is 24.3 Å². The van der Waals surface area contributed by atoms with Crippen LogP contribution >= 0.6 is 11.6 Å². The molecule has 112 valence electrons. The Kier molecular flexibility index (Phi) is 5.52. The summed E-state index contributed by atoms with van der Waals surface area (Å²) in [4.78, 5) is 10.7. The number of carbonyl (C=O) groups is 1. The Labute approximate surface area is 122 Å². The molecule has 20 heavy (non-hydrogen) atoms. The lowest BCUT2D eigenvalue weighted by atomic mass is 10.2. The van der Waals surface area contributed by atoms with Gasteiger partial charge in [-0.05, 0) is 31.5 Å². The third-order valence-corrected chi connectivity index (χ3v) is 4.91. The van der Waals surface area contributed by atoms with Gasteiger partial charge in [-0.1, -0.05) is 11.6 Å². The van der Waals surface area contributed by atoms with Crippen LogP contribution in [0.5, 0.6) is 0 Å². The summed E-state index contributed by atoms with van der Waals surface area (Å²) < 4.78 is 25.5. The number of benzene rings is 1. The molecule has 0 aromatic heterocycles. The lowest BCUT2D eigenvalue weighted by Gasteiger charge is -2.18. The van der Waals surface area contributed by atoms with Gasteiger partial charge in [-0.25, -0.2) is 17.5 Å². The molecule has 2 N–H and O–H groups in total. The Bertz CT molecular complexity index is 600. The molecular formula is C12H16ClNO5S. The first-order chi connectivity index (χ1) is 9.16. The van der Waals surface area contributed by atoms with Gasteiger partial charge in [0.05, 0.1) is 21.6 Å². The number of nitrogens with zero attached hydrogens (tertiary/aromatic N) is 1. The maximum absolute atomic E-state index is 12.2. The quantitative estimate of drug-likeness (QED) is 0.826. The van der Waals surface area contributed by atoms with Gasteiger partial charge in [0, 0.05) is 13.6 Å². The molecule has 1 aromatic rings. The molecule has 1 atom stereocenters. The lowest BCUT2D eigenvalue weighted by Crippen LogP contribution is -2.29. The normalized spacial score (nSPS) is 13.4. The predicted octanol–water partition coefficient (Wildman–Crippen LogP) is 1.43. The molecule has 0 fully saturated rings. The molecule has 0 amide bonds. The summed E-state index contributed by atoms with van der Waals surface area (Å²) in [7, 11) is -2.37. The maximum Gasteiger partial charge on any atom is 0.337 e. The highest BCUT2D eigenvalue weighted by molar-refractivity contribution is 7.89. The van der Waals surface area contributed by atoms with Crippen LogP contribution in [-0.2, 0) is 10.0 Å². The molecule has 1 rings (SSSR count). The second-order valence-corrected chi connectivity index (χ2v) is 6.86. The zero-order valence-corrected chi connectivity index (χ0v) is 12.6. The van der Waals surface area contributed by atoms with Crippen molar-refractivity contribution < 1.29 is 23.4 Å². The number of halogens is 1. The van der Waals surface area contributed by atoms with Crippen LogP contribution < -0.4 is 0 Å². The van der Waals surface area contributed by atoms with Crippen molar-refractivity contribution in [2.24, 2.45) is 0 Å². The van der Waals surface area contributed by atoms with E-state index < -0.39 is 22.1 Å². The van der Waals surface area contributed by atoms with Gasteiger partial charge in [-0.3, -0.25) is 0 Å². The summed E-state index contributed by atoms with van der Waals surface area (Å²) in [5, 5.41) is 17.9. The first-order valence-electron chi connectivity index (χ1n) is 5.83. The molecule has 0 heterocycles. The van der Waals surface area contributed by atoms with Crippen molar-refractivity contribution in [2.75, 3.05) is 13.6 Å². The Hall–Kier alpha value is -1.15. The summed E-state index contributed by atoms with van der Waals surface area (Å²) in [6.07, 6.45) is -0.304. The maximum atomic E-state index is 12.2. The molecule has 0 saturated carbocycles. The van der Waals surface area contributed by atoms with Gasteiger partial charge in [0.25, 0.3) is 0 Å². The molecule has 8 heteroatoms. The van der Waals surface area contributed by atoms with Crippen LogP contribution in [0.4, 0.5) is 0 Å². The number of sulfonamides is 1. The number of rotatable bonds is 6. The third-order valence-electron chi connectivity index (χ3n) is 2.74. The minimum Gasteiger partial charge on any atom is -0.478 e. The lowest BCUT2D eigenvalue weighted by molar-refractivity contribution is 0.0697. The van der Waals surface area contributed by atoms with E-state index in [0.717, 1.165) is 16.4 Å². The molecule has 0 radical (unpaired) electrons. The Morgan fingerprint density at radius 2 is 2.05 bits per heavy atom. The Morgan fingerprint density at radius 3 is 2.50 bits per heavy atom. The van der Waals surface area contributed by atoms with Gasteiger partial charge < -0.3 is 10.2 Å². The van der Waals surface area contributed by atoms with Crippen molar-refractivity contribution >= 4 is 27.6 Å². The molecular weight excluding hydrogens is 306 g/mol. The van der Waals surface area contributed by atoms with Gasteiger partial charge in [-0.15, -0.1) is 0 Å². The van der Waals surface area contributed by atoms with E-state index in [-0.39, 0.29) is 22.0 Å². The fourth-order valence-corrected chi connectivity index (χ4v) is 3.04. The van der Waals surface area contributed by atoms with E-state index in [1.807, 2.05) is 0 Å². The number of hydrogen-bond acceptors (Lipinski definition) is 4. The number of hydrogen-bond donors (Lipinski definition) is 2. The zero-order chi connectivity index (χ0) is 15.5. The van der Waals surface area contributed by atoms with E-state index in [1.165, 1.54) is 13.1 Å². The van der Waals surface area contributed by atoms with Crippen molar-refractivity contribution in [3.05, 3.63) is 28.8 Å². The smallest absolute Gasteiger partial charge is 0.337 e. The SMILES string of the molecule is CC(O)CCN(C)S(=O)(=O)c1ccc(C(=O)O)c(Cl)c1. The van der Waals surface area contributed by atoms with Crippen molar-refractivity contribution in [3.63, 3.8) is 0 Å². The molecule has 0 spiro atoms. The highest BCUT2D eigenvalue weighted by Gasteiger charge is 2.22. The van der Waals surface area contributed by atoms with Crippen molar-refractivity contribution in [1.29, 1.82) is 0 Å². The number of carboxylic acid groups (broad SMARTS) is 1. The number of aliphatic hydroxyl groups is 1. The van der Waals surface area contributed by atoms with E-state index >= 15 is 0 Å². The van der Waals surface area contributed by atoms with E-state index in [4.69, 9.17) is 16.7 Å². The third kappa shape index (κ3) is 3.92. The van der Waals surface area contributed by atoms with Gasteiger partial charge in [0.15, 0.2) is 0 Å².